The Kier molecular flexibility index (Phi) is 5.27. The number of rotatable bonds is 5. The van der Waals surface area contributed by atoms with Crippen molar-refractivity contribution in [2.75, 3.05) is 0 Å². The van der Waals surface area contributed by atoms with Gasteiger partial charge in [0, 0.05) is 16.5 Å². The molecule has 24 heavy (non-hydrogen) atoms. The van der Waals surface area contributed by atoms with Crippen molar-refractivity contribution in [2.24, 2.45) is 10.2 Å². The van der Waals surface area contributed by atoms with Crippen molar-refractivity contribution < 1.29 is 14.0 Å². The van der Waals surface area contributed by atoms with Crippen LogP contribution in [0.1, 0.15) is 22.5 Å². The first-order valence-electron chi connectivity index (χ1n) is 7.02. The molecule has 0 aliphatic carbocycles. The maximum absolute atomic E-state index is 12.2. The van der Waals surface area contributed by atoms with Crippen molar-refractivity contribution in [3.05, 3.63) is 58.5 Å². The minimum atomic E-state index is -0.501. The van der Waals surface area contributed by atoms with Gasteiger partial charge in [0.1, 0.15) is 5.76 Å². The van der Waals surface area contributed by atoms with Gasteiger partial charge in [0.05, 0.1) is 17.7 Å². The van der Waals surface area contributed by atoms with E-state index in [9.17, 15) is 9.59 Å². The number of amides is 1. The summed E-state index contributed by atoms with van der Waals surface area (Å²) in [6, 6.07) is 10.5. The van der Waals surface area contributed by atoms with Crippen LogP contribution >= 0.6 is 27.7 Å². The number of hydrogen-bond donors (Lipinski definition) is 1. The van der Waals surface area contributed by atoms with Gasteiger partial charge in [-0.2, -0.15) is 5.10 Å². The van der Waals surface area contributed by atoms with Gasteiger partial charge >= 0.3 is 0 Å². The van der Waals surface area contributed by atoms with Gasteiger partial charge in [0.2, 0.25) is 5.91 Å². The fourth-order valence-electron chi connectivity index (χ4n) is 2.01. The van der Waals surface area contributed by atoms with E-state index in [4.69, 9.17) is 4.42 Å². The average molecular weight is 406 g/mol. The molecule has 0 spiro atoms. The van der Waals surface area contributed by atoms with Gasteiger partial charge in [-0.05, 0) is 24.3 Å². The maximum atomic E-state index is 12.2. The smallest absolute Gasteiger partial charge is 0.240 e. The zero-order valence-corrected chi connectivity index (χ0v) is 14.7. The number of nitrogens with one attached hydrogen (secondary N) is 1. The van der Waals surface area contributed by atoms with Gasteiger partial charge in [0.25, 0.3) is 0 Å². The Morgan fingerprint density at radius 3 is 2.83 bits per heavy atom. The second-order valence-electron chi connectivity index (χ2n) is 4.90. The van der Waals surface area contributed by atoms with Crippen LogP contribution in [0.5, 0.6) is 0 Å². The molecule has 1 amide bonds. The van der Waals surface area contributed by atoms with Gasteiger partial charge in [-0.25, -0.2) is 0 Å². The van der Waals surface area contributed by atoms with Crippen LogP contribution in [0.2, 0.25) is 0 Å². The van der Waals surface area contributed by atoms with E-state index in [1.165, 1.54) is 24.2 Å². The molecular formula is C16H12BrN3O3S. The monoisotopic (exact) mass is 405 g/mol. The highest BCUT2D eigenvalue weighted by molar-refractivity contribution is 9.10. The molecule has 0 unspecified atom stereocenters. The molecule has 0 radical (unpaired) electrons. The van der Waals surface area contributed by atoms with Gasteiger partial charge in [0.15, 0.2) is 11.0 Å². The summed E-state index contributed by atoms with van der Waals surface area (Å²) in [6.45, 7) is 0. The molecule has 2 aromatic rings. The second kappa shape index (κ2) is 7.59. The summed E-state index contributed by atoms with van der Waals surface area (Å²) in [4.78, 5) is 24.2. The quantitative estimate of drug-likeness (QED) is 0.470. The largest absolute Gasteiger partial charge is 0.463 e. The number of Topliss-reactive ketones (excluding diaryl/α,β-unsaturated/α-hetero) is 1. The normalized spacial score (nSPS) is 19.1. The van der Waals surface area contributed by atoms with E-state index in [2.05, 4.69) is 31.4 Å². The van der Waals surface area contributed by atoms with Crippen molar-refractivity contribution >= 4 is 50.8 Å². The van der Waals surface area contributed by atoms with Crippen LogP contribution in [0.3, 0.4) is 0 Å². The number of halogens is 1. The minimum Gasteiger partial charge on any atom is -0.463 e. The Bertz CT molecular complexity index is 800. The topological polar surface area (TPSA) is 84.0 Å². The van der Waals surface area contributed by atoms with Gasteiger partial charge in [-0.15, -0.1) is 5.10 Å². The Labute approximate surface area is 150 Å². The molecule has 1 aliphatic heterocycles. The lowest BCUT2D eigenvalue weighted by molar-refractivity contribution is -0.118. The number of carbonyl (C=O) groups is 2. The van der Waals surface area contributed by atoms with E-state index in [0.29, 0.717) is 16.5 Å². The Morgan fingerprint density at radius 2 is 2.12 bits per heavy atom. The van der Waals surface area contributed by atoms with E-state index < -0.39 is 5.25 Å². The first-order chi connectivity index (χ1) is 11.6. The highest BCUT2D eigenvalue weighted by atomic mass is 79.9. The molecule has 2 heterocycles. The molecule has 122 valence electrons. The predicted molar refractivity (Wildman–Crippen MR) is 96.3 cm³/mol. The van der Waals surface area contributed by atoms with Crippen molar-refractivity contribution in [1.82, 2.24) is 5.32 Å². The van der Waals surface area contributed by atoms with E-state index in [1.54, 1.807) is 36.4 Å². The van der Waals surface area contributed by atoms with Crippen LogP contribution in [0.4, 0.5) is 0 Å². The molecule has 1 saturated heterocycles. The maximum Gasteiger partial charge on any atom is 0.240 e. The number of hydrogen-bond acceptors (Lipinski definition) is 6. The summed E-state index contributed by atoms with van der Waals surface area (Å²) in [5, 5.41) is 10.3. The lowest BCUT2D eigenvalue weighted by Gasteiger charge is -2.04. The first kappa shape index (κ1) is 16.7. The van der Waals surface area contributed by atoms with Crippen molar-refractivity contribution in [3.63, 3.8) is 0 Å². The standard InChI is InChI=1S/C16H12BrN3O3S/c17-11-5-3-10(4-6-11)13(21)8-14-15(22)19-16(24-14)20-18-9-12-2-1-7-23-12/h1-7,9,14H,8H2,(H,19,20,22)/t14-/m1/s1. The Balaban J connectivity index is 1.60. The number of ketones is 1. The average Bonchev–Trinajstić information content (AvgIpc) is 3.19. The molecule has 1 aromatic heterocycles. The Hall–Kier alpha value is -2.19. The van der Waals surface area contributed by atoms with Crippen LogP contribution in [0.15, 0.2) is 61.8 Å². The number of carbonyl (C=O) groups excluding carboxylic acids is 2. The van der Waals surface area contributed by atoms with Gasteiger partial charge in [-0.1, -0.05) is 39.8 Å². The fourth-order valence-corrected chi connectivity index (χ4v) is 3.20. The molecule has 1 atom stereocenters. The lowest BCUT2D eigenvalue weighted by Crippen LogP contribution is -2.26. The minimum absolute atomic E-state index is 0.0875. The molecule has 0 saturated carbocycles. The summed E-state index contributed by atoms with van der Waals surface area (Å²) in [6.07, 6.45) is 3.09. The van der Waals surface area contributed by atoms with Crippen LogP contribution < -0.4 is 5.32 Å². The molecule has 6 nitrogen and oxygen atoms in total. The van der Waals surface area contributed by atoms with Crippen molar-refractivity contribution in [1.29, 1.82) is 0 Å². The third-order valence-corrected chi connectivity index (χ3v) is 4.79. The molecule has 3 rings (SSSR count). The molecule has 1 aromatic carbocycles. The molecule has 0 bridgehead atoms. The Morgan fingerprint density at radius 1 is 1.33 bits per heavy atom. The zero-order chi connectivity index (χ0) is 16.9. The molecule has 8 heteroatoms. The highest BCUT2D eigenvalue weighted by Gasteiger charge is 2.32. The fraction of sp³-hybridized carbons (Fsp3) is 0.125. The van der Waals surface area contributed by atoms with Crippen LogP contribution in [0, 0.1) is 0 Å². The third-order valence-electron chi connectivity index (χ3n) is 3.19. The SMILES string of the molecule is O=C(C[C@H]1S/C(=N/N=Cc2ccco2)NC1=O)c1ccc(Br)cc1. The summed E-state index contributed by atoms with van der Waals surface area (Å²) in [5.41, 5.74) is 0.577. The van der Waals surface area contributed by atoms with Crippen molar-refractivity contribution in [3.8, 4) is 0 Å². The highest BCUT2D eigenvalue weighted by Crippen LogP contribution is 2.24. The molecule has 1 N–H and O–H groups in total. The number of thioether (sulfide) groups is 1. The van der Waals surface area contributed by atoms with E-state index in [1.807, 2.05) is 0 Å². The van der Waals surface area contributed by atoms with Gasteiger partial charge in [-0.3, -0.25) is 9.59 Å². The summed E-state index contributed by atoms with van der Waals surface area (Å²) in [5.74, 6) is 0.239. The van der Waals surface area contributed by atoms with Crippen LogP contribution in [0.25, 0.3) is 0 Å². The third kappa shape index (κ3) is 4.21. The van der Waals surface area contributed by atoms with Crippen LogP contribution in [-0.2, 0) is 4.79 Å². The number of nitrogens with zero attached hydrogens (tertiary/aromatic N) is 2. The number of amidine groups is 1. The first-order valence-corrected chi connectivity index (χ1v) is 8.70. The molecular weight excluding hydrogens is 394 g/mol. The van der Waals surface area contributed by atoms with E-state index in [0.717, 1.165) is 4.47 Å². The van der Waals surface area contributed by atoms with Gasteiger partial charge < -0.3 is 9.73 Å². The molecule has 1 fully saturated rings. The second-order valence-corrected chi connectivity index (χ2v) is 7.00. The number of benzene rings is 1. The zero-order valence-electron chi connectivity index (χ0n) is 12.3. The predicted octanol–water partition coefficient (Wildman–Crippen LogP) is 3.24. The summed E-state index contributed by atoms with van der Waals surface area (Å²) >= 11 is 4.52. The van der Waals surface area contributed by atoms with E-state index in [-0.39, 0.29) is 18.1 Å². The lowest BCUT2D eigenvalue weighted by atomic mass is 10.1. The van der Waals surface area contributed by atoms with Crippen molar-refractivity contribution in [2.45, 2.75) is 11.7 Å². The molecule has 1 aliphatic rings. The van der Waals surface area contributed by atoms with E-state index >= 15 is 0 Å². The number of furan rings is 1. The summed E-state index contributed by atoms with van der Waals surface area (Å²) in [7, 11) is 0. The van der Waals surface area contributed by atoms with Crippen LogP contribution in [-0.4, -0.2) is 28.3 Å². The summed E-state index contributed by atoms with van der Waals surface area (Å²) < 4.78 is 5.99.